The molecule has 9 nitrogen and oxygen atoms in total. The van der Waals surface area contributed by atoms with Gasteiger partial charge >= 0.3 is 12.1 Å². The molecule has 0 saturated carbocycles. The monoisotopic (exact) mass is 557 g/mol. The van der Waals surface area contributed by atoms with Crippen molar-refractivity contribution in [2.24, 2.45) is 5.92 Å². The van der Waals surface area contributed by atoms with Gasteiger partial charge in [0.05, 0.1) is 23.7 Å². The molecule has 1 heterocycles. The number of carbonyl (C=O) groups excluding carboxylic acids is 3. The number of Topliss-reactive ketones (excluding diaryl/α,β-unsaturated/α-hetero) is 1. The van der Waals surface area contributed by atoms with Gasteiger partial charge in [-0.05, 0) is 35.2 Å². The zero-order valence-corrected chi connectivity index (χ0v) is 21.5. The summed E-state index contributed by atoms with van der Waals surface area (Å²) in [7, 11) is 0. The zero-order chi connectivity index (χ0) is 29.6. The first-order valence-corrected chi connectivity index (χ1v) is 12.1. The van der Waals surface area contributed by atoms with Gasteiger partial charge in [0.1, 0.15) is 12.2 Å². The number of benzene rings is 2. The Bertz CT molecular complexity index is 1480. The van der Waals surface area contributed by atoms with Crippen molar-refractivity contribution in [1.29, 1.82) is 0 Å². The lowest BCUT2D eigenvalue weighted by atomic mass is 9.99. The molecular weight excluding hydrogens is 531 g/mol. The minimum Gasteiger partial charge on any atom is -0.478 e. The minimum atomic E-state index is -5.17. The predicted molar refractivity (Wildman–Crippen MR) is 140 cm³/mol. The van der Waals surface area contributed by atoms with E-state index >= 15 is 0 Å². The fourth-order valence-corrected chi connectivity index (χ4v) is 4.02. The number of nitrogens with one attached hydrogen (secondary N) is 2. The molecule has 210 valence electrons. The van der Waals surface area contributed by atoms with Crippen LogP contribution < -0.4 is 16.2 Å². The topological polar surface area (TPSA) is 135 Å². The Hall–Kier alpha value is -4.74. The average molecular weight is 558 g/mol. The van der Waals surface area contributed by atoms with Crippen LogP contribution in [-0.2, 0) is 27.3 Å². The van der Waals surface area contributed by atoms with Gasteiger partial charge in [-0.25, -0.2) is 4.79 Å². The second kappa shape index (κ2) is 12.4. The molecule has 0 aliphatic carbocycles. The van der Waals surface area contributed by atoms with E-state index in [-0.39, 0.29) is 28.9 Å². The quantitative estimate of drug-likeness (QED) is 0.348. The van der Waals surface area contributed by atoms with Crippen molar-refractivity contribution >= 4 is 29.3 Å². The van der Waals surface area contributed by atoms with Crippen LogP contribution >= 0.6 is 0 Å². The van der Waals surface area contributed by atoms with E-state index in [2.05, 4.69) is 10.6 Å². The van der Waals surface area contributed by atoms with Gasteiger partial charge < -0.3 is 15.7 Å². The highest BCUT2D eigenvalue weighted by atomic mass is 19.4. The lowest BCUT2D eigenvalue weighted by Crippen LogP contribution is -2.50. The number of aromatic nitrogens is 1. The van der Waals surface area contributed by atoms with Gasteiger partial charge in [-0.3, -0.25) is 23.7 Å². The molecule has 0 bridgehead atoms. The summed E-state index contributed by atoms with van der Waals surface area (Å²) in [5, 5.41) is 13.8. The van der Waals surface area contributed by atoms with Gasteiger partial charge in [-0.15, -0.1) is 0 Å². The second-order valence-corrected chi connectivity index (χ2v) is 9.23. The minimum absolute atomic E-state index is 0.0840. The van der Waals surface area contributed by atoms with Crippen LogP contribution in [0.15, 0.2) is 71.5 Å². The molecule has 2 aromatic carbocycles. The van der Waals surface area contributed by atoms with Gasteiger partial charge in [0.2, 0.25) is 11.8 Å². The highest BCUT2D eigenvalue weighted by Gasteiger charge is 2.45. The lowest BCUT2D eigenvalue weighted by Gasteiger charge is -2.23. The lowest BCUT2D eigenvalue weighted by molar-refractivity contribution is -0.174. The molecule has 12 heteroatoms. The van der Waals surface area contributed by atoms with E-state index in [1.807, 2.05) is 0 Å². The molecule has 3 N–H and O–H groups in total. The van der Waals surface area contributed by atoms with Gasteiger partial charge in [0, 0.05) is 0 Å². The molecule has 0 spiro atoms. The number of rotatable bonds is 10. The molecule has 3 rings (SSSR count). The Labute approximate surface area is 226 Å². The predicted octanol–water partition coefficient (Wildman–Crippen LogP) is 3.67. The Morgan fingerprint density at radius 1 is 0.900 bits per heavy atom. The molecule has 1 aromatic heterocycles. The van der Waals surface area contributed by atoms with E-state index < -0.39 is 53.8 Å². The average Bonchev–Trinajstić information content (AvgIpc) is 2.89. The molecule has 0 aliphatic rings. The van der Waals surface area contributed by atoms with Gasteiger partial charge in [0.25, 0.3) is 11.3 Å². The first-order valence-electron chi connectivity index (χ1n) is 12.1. The normalized spacial score (nSPS) is 12.1. The van der Waals surface area contributed by atoms with Crippen LogP contribution in [0, 0.1) is 5.92 Å². The van der Waals surface area contributed by atoms with Gasteiger partial charge in [-0.2, -0.15) is 13.2 Å². The second-order valence-electron chi connectivity index (χ2n) is 9.23. The summed E-state index contributed by atoms with van der Waals surface area (Å²) in [6, 6.07) is 15.1. The molecule has 1 atom stereocenters. The number of aromatic carboxylic acids is 1. The number of hydrogen-bond acceptors (Lipinski definition) is 5. The summed E-state index contributed by atoms with van der Waals surface area (Å²) < 4.78 is 40.1. The van der Waals surface area contributed by atoms with Crippen molar-refractivity contribution in [1.82, 2.24) is 9.88 Å². The number of carboxylic acid groups (broad SMARTS) is 1. The third kappa shape index (κ3) is 7.22. The number of amides is 2. The number of pyridine rings is 1. The molecule has 1 unspecified atom stereocenters. The van der Waals surface area contributed by atoms with E-state index in [4.69, 9.17) is 0 Å². The van der Waals surface area contributed by atoms with E-state index in [9.17, 15) is 42.3 Å². The molecule has 40 heavy (non-hydrogen) atoms. The fraction of sp³-hybridized carbons (Fsp3) is 0.250. The maximum atomic E-state index is 13.4. The number of halogens is 3. The molecule has 2 amide bonds. The fourth-order valence-electron chi connectivity index (χ4n) is 4.02. The van der Waals surface area contributed by atoms with E-state index in [0.29, 0.717) is 5.56 Å². The summed E-state index contributed by atoms with van der Waals surface area (Å²) in [6.07, 6.45) is -5.53. The molecule has 0 radical (unpaired) electrons. The molecule has 0 fully saturated rings. The largest absolute Gasteiger partial charge is 0.478 e. The van der Waals surface area contributed by atoms with Gasteiger partial charge in [-0.1, -0.05) is 62.4 Å². The van der Waals surface area contributed by atoms with Crippen LogP contribution in [-0.4, -0.2) is 45.5 Å². The number of anilines is 1. The molecule has 3 aromatic rings. The zero-order valence-electron chi connectivity index (χ0n) is 21.5. The van der Waals surface area contributed by atoms with Crippen molar-refractivity contribution in [3.8, 4) is 11.3 Å². The Balaban J connectivity index is 1.94. The van der Waals surface area contributed by atoms with Crippen molar-refractivity contribution in [3.63, 3.8) is 0 Å². The summed E-state index contributed by atoms with van der Waals surface area (Å²) in [5.41, 5.74) is -0.205. The van der Waals surface area contributed by atoms with Crippen LogP contribution in [0.4, 0.5) is 18.9 Å². The van der Waals surface area contributed by atoms with Crippen molar-refractivity contribution < 1.29 is 37.5 Å². The van der Waals surface area contributed by atoms with Crippen molar-refractivity contribution in [3.05, 3.63) is 88.2 Å². The van der Waals surface area contributed by atoms with Gasteiger partial charge in [0.15, 0.2) is 0 Å². The van der Waals surface area contributed by atoms with Crippen molar-refractivity contribution in [2.75, 3.05) is 5.32 Å². The van der Waals surface area contributed by atoms with Crippen LogP contribution in [0.3, 0.4) is 0 Å². The van der Waals surface area contributed by atoms with Crippen LogP contribution in [0.2, 0.25) is 0 Å². The summed E-state index contributed by atoms with van der Waals surface area (Å²) >= 11 is 0. The van der Waals surface area contributed by atoms with E-state index in [1.54, 1.807) is 36.4 Å². The Morgan fingerprint density at radius 2 is 1.52 bits per heavy atom. The third-order valence-corrected chi connectivity index (χ3v) is 5.96. The number of hydrogen-bond donors (Lipinski definition) is 3. The maximum Gasteiger partial charge on any atom is 0.452 e. The van der Waals surface area contributed by atoms with Crippen LogP contribution in [0.1, 0.15) is 29.8 Å². The molecule has 0 saturated heterocycles. The third-order valence-electron chi connectivity index (χ3n) is 5.96. The SMILES string of the molecule is CC(C)C(NC(=O)Cn1c(-c2ccccc2)ccc(NC(=O)Cc2ccccc2C(=O)O)c1=O)C(=O)C(F)(F)F. The smallest absolute Gasteiger partial charge is 0.452 e. The Morgan fingerprint density at radius 3 is 2.12 bits per heavy atom. The standard InChI is InChI=1S/C28H26F3N3O6/c1-16(2)24(25(37)28(29,30)31)33-23(36)15-34-21(17-8-4-3-5-9-17)13-12-20(26(34)38)32-22(35)14-18-10-6-7-11-19(18)27(39)40/h3-13,16,24H,14-15H2,1-2H3,(H,32,35)(H,33,36)(H,39,40). The molecule has 0 aliphatic heterocycles. The highest BCUT2D eigenvalue weighted by Crippen LogP contribution is 2.22. The van der Waals surface area contributed by atoms with Crippen LogP contribution in [0.5, 0.6) is 0 Å². The summed E-state index contributed by atoms with van der Waals surface area (Å²) in [4.78, 5) is 62.2. The molecular formula is C28H26F3N3O6. The van der Waals surface area contributed by atoms with Crippen LogP contribution in [0.25, 0.3) is 11.3 Å². The van der Waals surface area contributed by atoms with E-state index in [0.717, 1.165) is 4.57 Å². The number of carbonyl (C=O) groups is 4. The first kappa shape index (κ1) is 29.8. The Kier molecular flexibility index (Phi) is 9.25. The number of alkyl halides is 3. The first-order chi connectivity index (χ1) is 18.8. The summed E-state index contributed by atoms with van der Waals surface area (Å²) in [6.45, 7) is 1.94. The maximum absolute atomic E-state index is 13.4. The number of nitrogens with zero attached hydrogens (tertiary/aromatic N) is 1. The van der Waals surface area contributed by atoms with E-state index in [1.165, 1.54) is 44.2 Å². The summed E-state index contributed by atoms with van der Waals surface area (Å²) in [5.74, 6) is -5.95. The van der Waals surface area contributed by atoms with Crippen molar-refractivity contribution in [2.45, 2.75) is 39.0 Å². The highest BCUT2D eigenvalue weighted by molar-refractivity contribution is 5.96. The number of carboxylic acids is 1. The number of ketones is 1.